The zero-order valence-electron chi connectivity index (χ0n) is 13.0. The van der Waals surface area contributed by atoms with Gasteiger partial charge in [0.1, 0.15) is 5.02 Å². The Kier molecular flexibility index (Phi) is 5.51. The van der Waals surface area contributed by atoms with Crippen molar-refractivity contribution < 1.29 is 19.6 Å². The molecule has 0 aliphatic heterocycles. The van der Waals surface area contributed by atoms with Gasteiger partial charge >= 0.3 is 5.97 Å². The summed E-state index contributed by atoms with van der Waals surface area (Å²) >= 11 is 5.73. The van der Waals surface area contributed by atoms with E-state index in [2.05, 4.69) is 5.32 Å². The number of nitro benzene ring substituents is 1. The van der Waals surface area contributed by atoms with E-state index in [0.717, 1.165) is 0 Å². The number of hydrogen-bond donors (Lipinski definition) is 2. The number of aromatic carboxylic acids is 1. The Balaban J connectivity index is 2.16. The molecule has 0 aliphatic rings. The van der Waals surface area contributed by atoms with E-state index in [0.29, 0.717) is 16.8 Å². The van der Waals surface area contributed by atoms with E-state index < -0.39 is 16.8 Å². The van der Waals surface area contributed by atoms with Gasteiger partial charge < -0.3 is 10.4 Å². The molecule has 1 amide bonds. The highest BCUT2D eigenvalue weighted by Crippen LogP contribution is 2.25. The van der Waals surface area contributed by atoms with E-state index in [1.165, 1.54) is 42.5 Å². The number of nitro groups is 1. The van der Waals surface area contributed by atoms with E-state index in [-0.39, 0.29) is 16.3 Å². The SMILES string of the molecule is Cc1ccc(C(=O)O)cc1NC(=O)/C=C/c1ccc(Cl)c([N+](=O)[O-])c1. The number of rotatable bonds is 5. The van der Waals surface area contributed by atoms with Crippen LogP contribution in [0.5, 0.6) is 0 Å². The van der Waals surface area contributed by atoms with Gasteiger partial charge in [-0.2, -0.15) is 0 Å². The Morgan fingerprint density at radius 3 is 2.60 bits per heavy atom. The van der Waals surface area contributed by atoms with Gasteiger partial charge in [0, 0.05) is 17.8 Å². The minimum absolute atomic E-state index is 0.00714. The standard InChI is InChI=1S/C17H13ClN2O5/c1-10-2-5-12(17(22)23)9-14(10)19-16(21)7-4-11-3-6-13(18)15(8-11)20(24)25/h2-9H,1H3,(H,19,21)(H,22,23)/b7-4+. The lowest BCUT2D eigenvalue weighted by atomic mass is 10.1. The van der Waals surface area contributed by atoms with Crippen molar-refractivity contribution in [3.63, 3.8) is 0 Å². The van der Waals surface area contributed by atoms with Crippen molar-refractivity contribution in [2.75, 3.05) is 5.32 Å². The summed E-state index contributed by atoms with van der Waals surface area (Å²) in [5, 5.41) is 22.4. The van der Waals surface area contributed by atoms with Crippen LogP contribution in [0.2, 0.25) is 5.02 Å². The molecule has 0 radical (unpaired) electrons. The van der Waals surface area contributed by atoms with Crippen molar-refractivity contribution >= 4 is 40.9 Å². The van der Waals surface area contributed by atoms with Gasteiger partial charge in [0.2, 0.25) is 5.91 Å². The van der Waals surface area contributed by atoms with E-state index in [1.54, 1.807) is 13.0 Å². The summed E-state index contributed by atoms with van der Waals surface area (Å²) in [5.74, 6) is -1.59. The molecule has 0 spiro atoms. The van der Waals surface area contributed by atoms with Gasteiger partial charge in [-0.3, -0.25) is 14.9 Å². The van der Waals surface area contributed by atoms with Crippen molar-refractivity contribution in [2.45, 2.75) is 6.92 Å². The predicted octanol–water partition coefficient (Wildman–Crippen LogP) is 3.91. The van der Waals surface area contributed by atoms with Crippen LogP contribution in [0.25, 0.3) is 6.08 Å². The van der Waals surface area contributed by atoms with Crippen LogP contribution in [0.1, 0.15) is 21.5 Å². The third kappa shape index (κ3) is 4.65. The molecule has 0 unspecified atom stereocenters. The summed E-state index contributed by atoms with van der Waals surface area (Å²) in [4.78, 5) is 33.2. The second-order valence-corrected chi connectivity index (χ2v) is 5.53. The smallest absolute Gasteiger partial charge is 0.335 e. The highest BCUT2D eigenvalue weighted by molar-refractivity contribution is 6.32. The number of halogens is 1. The van der Waals surface area contributed by atoms with Crippen LogP contribution in [0.15, 0.2) is 42.5 Å². The largest absolute Gasteiger partial charge is 0.478 e. The molecule has 2 aromatic carbocycles. The van der Waals surface area contributed by atoms with Gasteiger partial charge in [-0.05, 0) is 42.3 Å². The molecule has 2 N–H and O–H groups in total. The average Bonchev–Trinajstić information content (AvgIpc) is 2.55. The third-order valence-corrected chi connectivity index (χ3v) is 3.66. The molecule has 0 fully saturated rings. The van der Waals surface area contributed by atoms with Crippen LogP contribution in [-0.2, 0) is 4.79 Å². The zero-order valence-corrected chi connectivity index (χ0v) is 13.8. The topological polar surface area (TPSA) is 110 Å². The van der Waals surface area contributed by atoms with Gasteiger partial charge in [-0.25, -0.2) is 4.79 Å². The molecule has 128 valence electrons. The van der Waals surface area contributed by atoms with Crippen LogP contribution in [0.3, 0.4) is 0 Å². The van der Waals surface area contributed by atoms with Crippen LogP contribution in [0.4, 0.5) is 11.4 Å². The van der Waals surface area contributed by atoms with Crippen molar-refractivity contribution in [3.8, 4) is 0 Å². The number of aryl methyl sites for hydroxylation is 1. The molecule has 0 saturated heterocycles. The molecule has 2 aromatic rings. The molecule has 7 nitrogen and oxygen atoms in total. The molecule has 0 heterocycles. The number of carbonyl (C=O) groups excluding carboxylic acids is 1. The van der Waals surface area contributed by atoms with E-state index in [9.17, 15) is 19.7 Å². The van der Waals surface area contributed by atoms with Crippen molar-refractivity contribution in [2.24, 2.45) is 0 Å². The van der Waals surface area contributed by atoms with Gasteiger partial charge in [0.05, 0.1) is 10.5 Å². The molecule has 2 rings (SSSR count). The minimum atomic E-state index is -1.10. The number of anilines is 1. The van der Waals surface area contributed by atoms with Crippen LogP contribution in [-0.4, -0.2) is 21.9 Å². The maximum Gasteiger partial charge on any atom is 0.335 e. The normalized spacial score (nSPS) is 10.6. The number of benzene rings is 2. The second kappa shape index (κ2) is 7.59. The molecule has 25 heavy (non-hydrogen) atoms. The van der Waals surface area contributed by atoms with Crippen LogP contribution < -0.4 is 5.32 Å². The molecule has 0 aliphatic carbocycles. The minimum Gasteiger partial charge on any atom is -0.478 e. The molecule has 0 atom stereocenters. The summed E-state index contributed by atoms with van der Waals surface area (Å²) in [5.41, 5.74) is 1.31. The predicted molar refractivity (Wildman–Crippen MR) is 93.9 cm³/mol. The Morgan fingerprint density at radius 2 is 1.96 bits per heavy atom. The average molecular weight is 361 g/mol. The molecule has 0 saturated carbocycles. The molecular formula is C17H13ClN2O5. The van der Waals surface area contributed by atoms with Crippen molar-refractivity contribution in [1.82, 2.24) is 0 Å². The second-order valence-electron chi connectivity index (χ2n) is 5.13. The maximum atomic E-state index is 12.0. The Labute approximate surface area is 147 Å². The summed E-state index contributed by atoms with van der Waals surface area (Å²) in [7, 11) is 0. The van der Waals surface area contributed by atoms with Gasteiger partial charge in [-0.15, -0.1) is 0 Å². The fourth-order valence-electron chi connectivity index (χ4n) is 2.01. The van der Waals surface area contributed by atoms with E-state index in [4.69, 9.17) is 16.7 Å². The fourth-order valence-corrected chi connectivity index (χ4v) is 2.20. The number of carboxylic acid groups (broad SMARTS) is 1. The number of hydrogen-bond acceptors (Lipinski definition) is 4. The number of nitrogens with one attached hydrogen (secondary N) is 1. The monoisotopic (exact) mass is 360 g/mol. The summed E-state index contributed by atoms with van der Waals surface area (Å²) in [6, 6.07) is 8.55. The number of carboxylic acids is 1. The molecular weight excluding hydrogens is 348 g/mol. The van der Waals surface area contributed by atoms with Crippen LogP contribution >= 0.6 is 11.6 Å². The third-order valence-electron chi connectivity index (χ3n) is 3.34. The molecule has 0 aromatic heterocycles. The lowest BCUT2D eigenvalue weighted by Gasteiger charge is -2.07. The highest BCUT2D eigenvalue weighted by atomic mass is 35.5. The van der Waals surface area contributed by atoms with Gasteiger partial charge in [0.25, 0.3) is 5.69 Å². The number of nitrogens with zero attached hydrogens (tertiary/aromatic N) is 1. The number of carbonyl (C=O) groups is 2. The first-order chi connectivity index (χ1) is 11.8. The first-order valence-corrected chi connectivity index (χ1v) is 7.42. The quantitative estimate of drug-likeness (QED) is 0.477. The Bertz CT molecular complexity index is 893. The van der Waals surface area contributed by atoms with Gasteiger partial charge in [0.15, 0.2) is 0 Å². The van der Waals surface area contributed by atoms with E-state index >= 15 is 0 Å². The summed E-state index contributed by atoms with van der Waals surface area (Å²) < 4.78 is 0. The lowest BCUT2D eigenvalue weighted by molar-refractivity contribution is -0.384. The first kappa shape index (κ1) is 18.2. The summed E-state index contributed by atoms with van der Waals surface area (Å²) in [6.07, 6.45) is 2.59. The van der Waals surface area contributed by atoms with Gasteiger partial charge in [-0.1, -0.05) is 23.7 Å². The van der Waals surface area contributed by atoms with Crippen molar-refractivity contribution in [1.29, 1.82) is 0 Å². The highest BCUT2D eigenvalue weighted by Gasteiger charge is 2.12. The Morgan fingerprint density at radius 1 is 1.24 bits per heavy atom. The summed E-state index contributed by atoms with van der Waals surface area (Å²) in [6.45, 7) is 1.73. The Hall–Kier alpha value is -3.19. The molecule has 8 heteroatoms. The zero-order chi connectivity index (χ0) is 18.6. The maximum absolute atomic E-state index is 12.0. The first-order valence-electron chi connectivity index (χ1n) is 7.05. The number of amides is 1. The fraction of sp³-hybridized carbons (Fsp3) is 0.0588. The van der Waals surface area contributed by atoms with Crippen molar-refractivity contribution in [3.05, 3.63) is 74.3 Å². The molecule has 0 bridgehead atoms. The van der Waals surface area contributed by atoms with E-state index in [1.807, 2.05) is 0 Å². The lowest BCUT2D eigenvalue weighted by Crippen LogP contribution is -2.10. The van der Waals surface area contributed by atoms with Crippen LogP contribution in [0, 0.1) is 17.0 Å².